The number of carboxylic acids is 1. The van der Waals surface area contributed by atoms with Crippen LogP contribution in [-0.2, 0) is 9.59 Å². The Labute approximate surface area is 95.1 Å². The minimum absolute atomic E-state index is 0.0730. The SMILES string of the molecule is CC(C(=O)O)C(C)C(=O)N(CCO)C1CC1. The molecule has 2 atom stereocenters. The fourth-order valence-electron chi connectivity index (χ4n) is 1.66. The highest BCUT2D eigenvalue weighted by Crippen LogP contribution is 2.29. The fourth-order valence-corrected chi connectivity index (χ4v) is 1.66. The molecule has 0 radical (unpaired) electrons. The van der Waals surface area contributed by atoms with Crippen LogP contribution in [0.25, 0.3) is 0 Å². The Morgan fingerprint density at radius 1 is 1.31 bits per heavy atom. The van der Waals surface area contributed by atoms with Gasteiger partial charge in [0, 0.05) is 18.5 Å². The molecule has 0 bridgehead atoms. The van der Waals surface area contributed by atoms with Gasteiger partial charge >= 0.3 is 5.97 Å². The third-order valence-electron chi connectivity index (χ3n) is 3.14. The summed E-state index contributed by atoms with van der Waals surface area (Å²) in [6, 6.07) is 0.211. The summed E-state index contributed by atoms with van der Waals surface area (Å²) in [7, 11) is 0. The number of nitrogens with zero attached hydrogens (tertiary/aromatic N) is 1. The zero-order chi connectivity index (χ0) is 12.3. The molecule has 5 nitrogen and oxygen atoms in total. The van der Waals surface area contributed by atoms with Crippen molar-refractivity contribution in [3.63, 3.8) is 0 Å². The van der Waals surface area contributed by atoms with Crippen LogP contribution in [0.2, 0.25) is 0 Å². The van der Waals surface area contributed by atoms with E-state index in [2.05, 4.69) is 0 Å². The summed E-state index contributed by atoms with van der Waals surface area (Å²) in [5.41, 5.74) is 0. The van der Waals surface area contributed by atoms with Gasteiger partial charge in [-0.25, -0.2) is 0 Å². The van der Waals surface area contributed by atoms with E-state index in [0.717, 1.165) is 12.8 Å². The van der Waals surface area contributed by atoms with E-state index in [1.54, 1.807) is 11.8 Å². The Morgan fingerprint density at radius 2 is 1.88 bits per heavy atom. The number of hydrogen-bond donors (Lipinski definition) is 2. The number of aliphatic hydroxyl groups excluding tert-OH is 1. The Bertz CT molecular complexity index is 275. The minimum Gasteiger partial charge on any atom is -0.481 e. The molecule has 1 rings (SSSR count). The van der Waals surface area contributed by atoms with Crippen LogP contribution in [0.3, 0.4) is 0 Å². The Hall–Kier alpha value is -1.10. The van der Waals surface area contributed by atoms with Gasteiger partial charge in [0.2, 0.25) is 5.91 Å². The standard InChI is InChI=1S/C11H19NO4/c1-7(8(2)11(15)16)10(14)12(5-6-13)9-3-4-9/h7-9,13H,3-6H2,1-2H3,(H,15,16). The van der Waals surface area contributed by atoms with Crippen molar-refractivity contribution in [3.8, 4) is 0 Å². The first kappa shape index (κ1) is 13.0. The van der Waals surface area contributed by atoms with Crippen molar-refractivity contribution in [3.05, 3.63) is 0 Å². The maximum absolute atomic E-state index is 12.0. The first-order valence-electron chi connectivity index (χ1n) is 5.63. The molecule has 1 saturated carbocycles. The second-order valence-corrected chi connectivity index (χ2v) is 4.40. The maximum Gasteiger partial charge on any atom is 0.307 e. The Morgan fingerprint density at radius 3 is 2.25 bits per heavy atom. The molecule has 1 amide bonds. The van der Waals surface area contributed by atoms with Crippen molar-refractivity contribution >= 4 is 11.9 Å². The van der Waals surface area contributed by atoms with Crippen molar-refractivity contribution in [2.45, 2.75) is 32.7 Å². The predicted octanol–water partition coefficient (Wildman–Crippen LogP) is 0.327. The summed E-state index contributed by atoms with van der Waals surface area (Å²) in [5.74, 6) is -2.34. The summed E-state index contributed by atoms with van der Waals surface area (Å²) in [5, 5.41) is 17.7. The second-order valence-electron chi connectivity index (χ2n) is 4.40. The molecule has 0 aromatic rings. The molecule has 0 heterocycles. The van der Waals surface area contributed by atoms with Crippen molar-refractivity contribution in [1.82, 2.24) is 4.90 Å². The first-order chi connectivity index (χ1) is 7.49. The highest BCUT2D eigenvalue weighted by atomic mass is 16.4. The quantitative estimate of drug-likeness (QED) is 0.688. The van der Waals surface area contributed by atoms with E-state index in [-0.39, 0.29) is 18.6 Å². The second kappa shape index (κ2) is 5.30. The topological polar surface area (TPSA) is 77.8 Å². The van der Waals surface area contributed by atoms with Gasteiger partial charge < -0.3 is 15.1 Å². The van der Waals surface area contributed by atoms with Crippen molar-refractivity contribution in [1.29, 1.82) is 0 Å². The number of aliphatic carboxylic acids is 1. The van der Waals surface area contributed by atoms with Gasteiger partial charge in [-0.2, -0.15) is 0 Å². The number of carbonyl (C=O) groups is 2. The number of hydrogen-bond acceptors (Lipinski definition) is 3. The number of amides is 1. The molecular weight excluding hydrogens is 210 g/mol. The summed E-state index contributed by atoms with van der Waals surface area (Å²) in [6.45, 7) is 3.40. The van der Waals surface area contributed by atoms with Crippen LogP contribution in [0.4, 0.5) is 0 Å². The lowest BCUT2D eigenvalue weighted by Crippen LogP contribution is -2.42. The van der Waals surface area contributed by atoms with E-state index in [1.807, 2.05) is 0 Å². The molecule has 1 aliphatic carbocycles. The molecule has 0 aliphatic heterocycles. The normalized spacial score (nSPS) is 18.9. The monoisotopic (exact) mass is 229 g/mol. The lowest BCUT2D eigenvalue weighted by atomic mass is 9.94. The molecule has 0 aromatic carbocycles. The molecule has 2 N–H and O–H groups in total. The average molecular weight is 229 g/mol. The van der Waals surface area contributed by atoms with Gasteiger partial charge in [0.25, 0.3) is 0 Å². The number of carboxylic acid groups (broad SMARTS) is 1. The lowest BCUT2D eigenvalue weighted by Gasteiger charge is -2.26. The number of carbonyl (C=O) groups excluding carboxylic acids is 1. The third-order valence-corrected chi connectivity index (χ3v) is 3.14. The van der Waals surface area contributed by atoms with Crippen LogP contribution < -0.4 is 0 Å². The van der Waals surface area contributed by atoms with E-state index in [0.29, 0.717) is 6.54 Å². The van der Waals surface area contributed by atoms with Crippen LogP contribution in [-0.4, -0.2) is 46.2 Å². The fraction of sp³-hybridized carbons (Fsp3) is 0.818. The summed E-state index contributed by atoms with van der Waals surface area (Å²) >= 11 is 0. The number of aliphatic hydroxyl groups is 1. The van der Waals surface area contributed by atoms with Gasteiger partial charge in [0.05, 0.1) is 12.5 Å². The van der Waals surface area contributed by atoms with Crippen molar-refractivity contribution < 1.29 is 19.8 Å². The third kappa shape index (κ3) is 2.95. The van der Waals surface area contributed by atoms with E-state index >= 15 is 0 Å². The lowest BCUT2D eigenvalue weighted by molar-refractivity contribution is -0.149. The van der Waals surface area contributed by atoms with Crippen molar-refractivity contribution in [2.24, 2.45) is 11.8 Å². The van der Waals surface area contributed by atoms with Gasteiger partial charge in [-0.1, -0.05) is 13.8 Å². The van der Waals surface area contributed by atoms with Gasteiger partial charge in [-0.05, 0) is 12.8 Å². The average Bonchev–Trinajstić information content (AvgIpc) is 3.06. The largest absolute Gasteiger partial charge is 0.481 e. The van der Waals surface area contributed by atoms with Gasteiger partial charge in [-0.3, -0.25) is 9.59 Å². The molecule has 0 spiro atoms. The zero-order valence-electron chi connectivity index (χ0n) is 9.72. The highest BCUT2D eigenvalue weighted by Gasteiger charge is 2.36. The number of rotatable bonds is 6. The maximum atomic E-state index is 12.0. The van der Waals surface area contributed by atoms with Crippen molar-refractivity contribution in [2.75, 3.05) is 13.2 Å². The van der Waals surface area contributed by atoms with E-state index in [4.69, 9.17) is 10.2 Å². The summed E-state index contributed by atoms with van der Waals surface area (Å²) < 4.78 is 0. The van der Waals surface area contributed by atoms with Gasteiger partial charge in [0.1, 0.15) is 0 Å². The molecule has 1 aliphatic rings. The smallest absolute Gasteiger partial charge is 0.307 e. The minimum atomic E-state index is -0.958. The Kier molecular flexibility index (Phi) is 4.29. The van der Waals surface area contributed by atoms with Crippen LogP contribution in [0.15, 0.2) is 0 Å². The summed E-state index contributed by atoms with van der Waals surface area (Å²) in [6.07, 6.45) is 1.92. The van der Waals surface area contributed by atoms with Crippen LogP contribution in [0.5, 0.6) is 0 Å². The van der Waals surface area contributed by atoms with Gasteiger partial charge in [0.15, 0.2) is 0 Å². The molecule has 92 valence electrons. The Balaban J connectivity index is 2.62. The van der Waals surface area contributed by atoms with Crippen LogP contribution in [0.1, 0.15) is 26.7 Å². The highest BCUT2D eigenvalue weighted by molar-refractivity contribution is 5.84. The zero-order valence-corrected chi connectivity index (χ0v) is 9.72. The first-order valence-corrected chi connectivity index (χ1v) is 5.63. The summed E-state index contributed by atoms with van der Waals surface area (Å²) in [4.78, 5) is 24.4. The molecule has 5 heteroatoms. The molecule has 16 heavy (non-hydrogen) atoms. The van der Waals surface area contributed by atoms with E-state index in [1.165, 1.54) is 6.92 Å². The van der Waals surface area contributed by atoms with Gasteiger partial charge in [-0.15, -0.1) is 0 Å². The molecule has 2 unspecified atom stereocenters. The van der Waals surface area contributed by atoms with Crippen LogP contribution >= 0.6 is 0 Å². The molecule has 1 fully saturated rings. The van der Waals surface area contributed by atoms with E-state index < -0.39 is 17.8 Å². The van der Waals surface area contributed by atoms with Crippen LogP contribution in [0, 0.1) is 11.8 Å². The molecule has 0 saturated heterocycles. The van der Waals surface area contributed by atoms with E-state index in [9.17, 15) is 9.59 Å². The predicted molar refractivity (Wildman–Crippen MR) is 57.8 cm³/mol. The molecule has 0 aromatic heterocycles. The molecular formula is C11H19NO4.